The molecular formula is C44H53N3O8. The number of hydrogen-bond donors (Lipinski definition) is 4. The van der Waals surface area contributed by atoms with Crippen LogP contribution in [0.2, 0.25) is 0 Å². The molecule has 3 amide bonds. The molecule has 0 spiro atoms. The molecular weight excluding hydrogens is 698 g/mol. The van der Waals surface area contributed by atoms with Crippen molar-refractivity contribution in [1.82, 2.24) is 16.0 Å². The highest BCUT2D eigenvalue weighted by Gasteiger charge is 2.28. The van der Waals surface area contributed by atoms with E-state index in [0.717, 1.165) is 41.2 Å². The average molecular weight is 752 g/mol. The van der Waals surface area contributed by atoms with Gasteiger partial charge >= 0.3 is 12.1 Å². The summed E-state index contributed by atoms with van der Waals surface area (Å²) in [4.78, 5) is 51.3. The van der Waals surface area contributed by atoms with Crippen molar-refractivity contribution in [3.05, 3.63) is 95.7 Å². The van der Waals surface area contributed by atoms with Crippen LogP contribution in [0, 0.1) is 11.8 Å². The first kappa shape index (κ1) is 40.6. The molecule has 0 saturated carbocycles. The smallest absolute Gasteiger partial charge is 0.407 e. The monoisotopic (exact) mass is 751 g/mol. The van der Waals surface area contributed by atoms with Crippen LogP contribution < -0.4 is 25.4 Å². The molecule has 0 radical (unpaired) electrons. The Morgan fingerprint density at radius 2 is 1.75 bits per heavy atom. The molecule has 0 aliphatic heterocycles. The third-order valence-corrected chi connectivity index (χ3v) is 9.72. The minimum absolute atomic E-state index is 0.0855. The first-order valence-electron chi connectivity index (χ1n) is 19.0. The maximum atomic E-state index is 13.7. The van der Waals surface area contributed by atoms with Gasteiger partial charge in [0.25, 0.3) is 5.91 Å². The molecule has 3 aromatic carbocycles. The van der Waals surface area contributed by atoms with E-state index in [1.165, 1.54) is 17.2 Å². The highest BCUT2D eigenvalue weighted by molar-refractivity contribution is 6.02. The SMILES string of the molecule is C=CCOc1ccc2c(c1-c1c(OCC(=O)N[C@H](CCCNC(=O)OC(C)(C)C)C(=O)NC3=CC(C(=O)O)=CCC3C)ccc3ccccc13)CCC(C)C2. The van der Waals surface area contributed by atoms with E-state index in [-0.39, 0.29) is 31.1 Å². The molecule has 11 nitrogen and oxygen atoms in total. The summed E-state index contributed by atoms with van der Waals surface area (Å²) in [5.41, 5.74) is 4.11. The number of hydrogen-bond acceptors (Lipinski definition) is 7. The summed E-state index contributed by atoms with van der Waals surface area (Å²) >= 11 is 0. The molecule has 4 N–H and O–H groups in total. The second-order valence-electron chi connectivity index (χ2n) is 15.4. The third kappa shape index (κ3) is 10.8. The number of carboxylic acids is 1. The van der Waals surface area contributed by atoms with E-state index < -0.39 is 35.5 Å². The normalized spacial score (nSPS) is 17.1. The molecule has 2 aliphatic rings. The Labute approximate surface area is 323 Å². The summed E-state index contributed by atoms with van der Waals surface area (Å²) in [6.07, 6.45) is 8.00. The van der Waals surface area contributed by atoms with E-state index in [1.54, 1.807) is 32.9 Å². The van der Waals surface area contributed by atoms with Crippen LogP contribution in [0.25, 0.3) is 21.9 Å². The summed E-state index contributed by atoms with van der Waals surface area (Å²) in [6.45, 7) is 13.4. The van der Waals surface area contributed by atoms with Gasteiger partial charge < -0.3 is 35.3 Å². The van der Waals surface area contributed by atoms with E-state index >= 15 is 0 Å². The van der Waals surface area contributed by atoms with Gasteiger partial charge in [-0.2, -0.15) is 0 Å². The average Bonchev–Trinajstić information content (AvgIpc) is 3.13. The molecule has 0 aromatic heterocycles. The fourth-order valence-corrected chi connectivity index (χ4v) is 6.98. The van der Waals surface area contributed by atoms with Gasteiger partial charge in [0.15, 0.2) is 6.61 Å². The zero-order chi connectivity index (χ0) is 39.7. The van der Waals surface area contributed by atoms with Gasteiger partial charge in [-0.1, -0.05) is 69.0 Å². The maximum Gasteiger partial charge on any atom is 0.407 e. The minimum atomic E-state index is -1.09. The largest absolute Gasteiger partial charge is 0.489 e. The van der Waals surface area contributed by atoms with Crippen molar-refractivity contribution in [3.8, 4) is 22.6 Å². The van der Waals surface area contributed by atoms with Crippen LogP contribution in [0.4, 0.5) is 4.79 Å². The number of carboxylic acid groups (broad SMARTS) is 1. The van der Waals surface area contributed by atoms with Gasteiger partial charge in [0.1, 0.15) is 29.7 Å². The summed E-state index contributed by atoms with van der Waals surface area (Å²) in [7, 11) is 0. The first-order valence-corrected chi connectivity index (χ1v) is 19.0. The molecule has 0 heterocycles. The van der Waals surface area contributed by atoms with Crippen LogP contribution in [-0.2, 0) is 32.0 Å². The number of aliphatic carboxylic acids is 1. The molecule has 292 valence electrons. The van der Waals surface area contributed by atoms with E-state index in [2.05, 4.69) is 35.5 Å². The molecule has 3 atom stereocenters. The van der Waals surface area contributed by atoms with Crippen LogP contribution in [0.15, 0.2) is 84.6 Å². The predicted molar refractivity (Wildman–Crippen MR) is 213 cm³/mol. The molecule has 0 bridgehead atoms. The molecule has 5 rings (SSSR count). The lowest BCUT2D eigenvalue weighted by molar-refractivity contribution is -0.132. The van der Waals surface area contributed by atoms with Crippen LogP contribution in [-0.4, -0.2) is 60.4 Å². The van der Waals surface area contributed by atoms with E-state index in [0.29, 0.717) is 42.6 Å². The number of rotatable bonds is 15. The summed E-state index contributed by atoms with van der Waals surface area (Å²) in [5.74, 6) is -0.493. The summed E-state index contributed by atoms with van der Waals surface area (Å²) in [6, 6.07) is 15.0. The second-order valence-corrected chi connectivity index (χ2v) is 15.4. The van der Waals surface area contributed by atoms with Crippen molar-refractivity contribution >= 4 is 34.6 Å². The number of allylic oxidation sites excluding steroid dienone is 2. The fraction of sp³-hybridized carbons (Fsp3) is 0.409. The lowest BCUT2D eigenvalue weighted by Gasteiger charge is -2.27. The van der Waals surface area contributed by atoms with Gasteiger partial charge in [0.05, 0.1) is 5.57 Å². The molecule has 11 heteroatoms. The van der Waals surface area contributed by atoms with Crippen molar-refractivity contribution in [2.24, 2.45) is 11.8 Å². The Morgan fingerprint density at radius 3 is 2.49 bits per heavy atom. The number of ether oxygens (including phenoxy) is 3. The number of carbonyl (C=O) groups is 4. The molecule has 3 aromatic rings. The number of carbonyl (C=O) groups excluding carboxylic acids is 3. The molecule has 55 heavy (non-hydrogen) atoms. The van der Waals surface area contributed by atoms with Crippen LogP contribution >= 0.6 is 0 Å². The highest BCUT2D eigenvalue weighted by Crippen LogP contribution is 2.46. The number of fused-ring (bicyclic) bond motifs is 2. The standard InChI is InChI=1S/C44H53N3O8/c1-7-23-53-36-21-18-30-24-27(2)14-19-33(30)40(36)39-32-12-9-8-11-29(32)17-20-37(39)54-26-38(48)46-34(13-10-22-45-43(52)55-44(4,5)6)41(49)47-35-25-31(42(50)51)16-15-28(35)3/h7-9,11-12,16-18,20-21,25,27-28,34H,1,10,13-15,19,22-24,26H2,2-6H3,(H,45,52)(H,46,48)(H,47,49)(H,50,51)/t27?,28?,34-/m1/s1. The topological polar surface area (TPSA) is 152 Å². The lowest BCUT2D eigenvalue weighted by atomic mass is 9.80. The van der Waals surface area contributed by atoms with E-state index in [9.17, 15) is 24.3 Å². The molecule has 0 saturated heterocycles. The van der Waals surface area contributed by atoms with Crippen molar-refractivity contribution in [3.63, 3.8) is 0 Å². The summed E-state index contributed by atoms with van der Waals surface area (Å²) in [5, 5.41) is 19.9. The molecule has 2 unspecified atom stereocenters. The Bertz CT molecular complexity index is 1990. The van der Waals surface area contributed by atoms with Crippen molar-refractivity contribution in [2.45, 2.75) is 84.8 Å². The van der Waals surface area contributed by atoms with Crippen molar-refractivity contribution in [1.29, 1.82) is 0 Å². The number of nitrogens with one attached hydrogen (secondary N) is 3. The van der Waals surface area contributed by atoms with Crippen LogP contribution in [0.1, 0.15) is 71.4 Å². The van der Waals surface area contributed by atoms with Gasteiger partial charge in [-0.05, 0) is 111 Å². The van der Waals surface area contributed by atoms with Crippen LogP contribution in [0.5, 0.6) is 11.5 Å². The molecule has 0 fully saturated rings. The Kier molecular flexibility index (Phi) is 13.4. The number of benzene rings is 3. The predicted octanol–water partition coefficient (Wildman–Crippen LogP) is 7.42. The maximum absolute atomic E-state index is 13.7. The lowest BCUT2D eigenvalue weighted by Crippen LogP contribution is -2.48. The van der Waals surface area contributed by atoms with Gasteiger partial charge in [-0.25, -0.2) is 9.59 Å². The Hall–Kier alpha value is -5.58. The number of amides is 3. The Balaban J connectivity index is 1.39. The molecule has 2 aliphatic carbocycles. The second kappa shape index (κ2) is 18.2. The highest BCUT2D eigenvalue weighted by atomic mass is 16.6. The van der Waals surface area contributed by atoms with Gasteiger partial charge in [-0.3, -0.25) is 9.59 Å². The van der Waals surface area contributed by atoms with Gasteiger partial charge in [0, 0.05) is 23.4 Å². The quantitative estimate of drug-likeness (QED) is 0.0926. The minimum Gasteiger partial charge on any atom is -0.489 e. The van der Waals surface area contributed by atoms with E-state index in [4.69, 9.17) is 14.2 Å². The van der Waals surface area contributed by atoms with Gasteiger partial charge in [0.2, 0.25) is 5.91 Å². The van der Waals surface area contributed by atoms with Crippen molar-refractivity contribution in [2.75, 3.05) is 19.8 Å². The fourth-order valence-electron chi connectivity index (χ4n) is 6.98. The number of alkyl carbamates (subject to hydrolysis) is 1. The van der Waals surface area contributed by atoms with E-state index in [1.807, 2.05) is 49.4 Å². The zero-order valence-corrected chi connectivity index (χ0v) is 32.5. The van der Waals surface area contributed by atoms with Crippen molar-refractivity contribution < 1.29 is 38.5 Å². The zero-order valence-electron chi connectivity index (χ0n) is 32.5. The Morgan fingerprint density at radius 1 is 1.00 bits per heavy atom. The third-order valence-electron chi connectivity index (χ3n) is 9.72. The van der Waals surface area contributed by atoms with Crippen LogP contribution in [0.3, 0.4) is 0 Å². The summed E-state index contributed by atoms with van der Waals surface area (Å²) < 4.78 is 17.9. The van der Waals surface area contributed by atoms with Gasteiger partial charge in [-0.15, -0.1) is 0 Å². The first-order chi connectivity index (χ1) is 26.2.